The van der Waals surface area contributed by atoms with Crippen molar-refractivity contribution in [3.63, 3.8) is 0 Å². The molecule has 0 bridgehead atoms. The Morgan fingerprint density at radius 2 is 0.567 bits per heavy atom. The molecular formula is C102H103F2N20O12Y5-5. The van der Waals surface area contributed by atoms with Crippen molar-refractivity contribution in [1.29, 1.82) is 0 Å². The summed E-state index contributed by atoms with van der Waals surface area (Å²) >= 11 is 0. The van der Waals surface area contributed by atoms with Gasteiger partial charge in [0.05, 0.1) is 58.2 Å². The molecule has 7 aliphatic rings. The molecule has 39 heteroatoms. The first-order valence-corrected chi connectivity index (χ1v) is 45.9. The van der Waals surface area contributed by atoms with E-state index >= 15 is 0 Å². The van der Waals surface area contributed by atoms with Crippen LogP contribution in [0.3, 0.4) is 0 Å². The van der Waals surface area contributed by atoms with E-state index in [4.69, 9.17) is 33.2 Å². The number of nitrogens with zero attached hydrogens (tertiary/aromatic N) is 20. The van der Waals surface area contributed by atoms with Crippen LogP contribution < -0.4 is 61.6 Å². The molecule has 5 radical (unpaired) electrons. The number of aromatic nitrogens is 20. The number of hydrogen-bond donors (Lipinski definition) is 0. The number of halogens is 2. The first-order chi connectivity index (χ1) is 66.1. The quantitative estimate of drug-likeness (QED) is 0.0364. The molecule has 7 aliphatic carbocycles. The molecular weight excluding hydrogens is 2180 g/mol. The summed E-state index contributed by atoms with van der Waals surface area (Å²) < 4.78 is 82.6. The van der Waals surface area contributed by atoms with E-state index < -0.39 is 17.5 Å². The van der Waals surface area contributed by atoms with E-state index in [9.17, 15) is 32.8 Å². The molecule has 7 saturated carbocycles. The fourth-order valence-corrected chi connectivity index (χ4v) is 16.5. The summed E-state index contributed by atoms with van der Waals surface area (Å²) in [7, 11) is 7.81. The molecule has 1 atom stereocenters. The molecule has 0 amide bonds. The molecule has 0 N–H and O–H groups in total. The van der Waals surface area contributed by atoms with Gasteiger partial charge in [-0.15, -0.1) is 58.1 Å². The van der Waals surface area contributed by atoms with Crippen molar-refractivity contribution in [3.05, 3.63) is 337 Å². The SMILES string of the molecule is CC(C)Oc1cccc(-n2nnn(C)c2=O)c1COc1cc[c-]cc1C1CC1.CCOc1cccc(-n2nnn(C)c2=O)c1COc1cc[c-]cc1C1CC1.Cc1cccc(-n2nnn(C)c2=O)c1COc1cc[c-]cc1C1CC1.Cn1nnn(-c2cccc(C3CC3(F)F)c2COc2cc[c-]cc2C2CC2)c1=O.Cn1nnn(-c2cccc(C3CC3)c2COc2cc[c-]cc2C2CC2)c1=O.[Y].[Y].[Y].[Y].[Y]. The average Bonchev–Trinajstić information content (AvgIpc) is 1.59. The molecule has 32 nitrogen and oxygen atoms in total. The minimum Gasteiger partial charge on any atom is -0.514 e. The first kappa shape index (κ1) is 109. The van der Waals surface area contributed by atoms with Gasteiger partial charge in [0.15, 0.2) is 0 Å². The number of ether oxygens (including phenoxy) is 7. The minimum absolute atomic E-state index is 0. The van der Waals surface area contributed by atoms with Crippen LogP contribution in [0.15, 0.2) is 206 Å². The second-order valence-electron chi connectivity index (χ2n) is 35.3. The van der Waals surface area contributed by atoms with Crippen LogP contribution in [0.25, 0.3) is 28.4 Å². The predicted octanol–water partition coefficient (Wildman–Crippen LogP) is 14.6. The fraction of sp³-hybridized carbons (Fsp3) is 0.363. The summed E-state index contributed by atoms with van der Waals surface area (Å²) in [5.74, 6) is 5.25. The van der Waals surface area contributed by atoms with Crippen molar-refractivity contribution in [2.75, 3.05) is 6.61 Å². The van der Waals surface area contributed by atoms with Gasteiger partial charge in [0.1, 0.15) is 44.5 Å². The number of tetrazole rings is 5. The molecule has 5 aromatic heterocycles. The third-order valence-electron chi connectivity index (χ3n) is 24.8. The maximum absolute atomic E-state index is 13.9. The molecule has 10 aromatic carbocycles. The largest absolute Gasteiger partial charge is 0.514 e. The summed E-state index contributed by atoms with van der Waals surface area (Å²) in [6, 6.07) is 72.4. The van der Waals surface area contributed by atoms with E-state index in [0.29, 0.717) is 101 Å². The van der Waals surface area contributed by atoms with Crippen molar-refractivity contribution in [3.8, 4) is 68.7 Å². The van der Waals surface area contributed by atoms with Crippen molar-refractivity contribution >= 4 is 0 Å². The van der Waals surface area contributed by atoms with E-state index in [1.54, 1.807) is 52.5 Å². The van der Waals surface area contributed by atoms with Gasteiger partial charge in [-0.3, -0.25) is 0 Å². The van der Waals surface area contributed by atoms with Gasteiger partial charge in [0, 0.05) is 251 Å². The Bertz CT molecular complexity index is 7170. The van der Waals surface area contributed by atoms with E-state index in [1.807, 2.05) is 179 Å². The maximum atomic E-state index is 13.9. The van der Waals surface area contributed by atoms with Crippen LogP contribution in [0.1, 0.15) is 218 Å². The predicted molar refractivity (Wildman–Crippen MR) is 497 cm³/mol. The van der Waals surface area contributed by atoms with Crippen molar-refractivity contribution < 1.29 is 205 Å². The van der Waals surface area contributed by atoms with Gasteiger partial charge in [0.25, 0.3) is 5.92 Å². The maximum Gasteiger partial charge on any atom is 0.368 e. The number of hydrogen-bond acceptors (Lipinski definition) is 22. The second kappa shape index (κ2) is 48.9. The van der Waals surface area contributed by atoms with Crippen LogP contribution in [0, 0.1) is 37.3 Å². The average molecular weight is 2280 g/mol. The van der Waals surface area contributed by atoms with Crippen LogP contribution in [0.4, 0.5) is 8.78 Å². The van der Waals surface area contributed by atoms with Gasteiger partial charge in [-0.05, 0) is 158 Å². The second-order valence-corrected chi connectivity index (χ2v) is 35.3. The van der Waals surface area contributed by atoms with Crippen LogP contribution in [0.5, 0.6) is 40.2 Å². The van der Waals surface area contributed by atoms with Crippen LogP contribution >= 0.6 is 0 Å². The Kier molecular flexibility index (Phi) is 37.8. The summed E-state index contributed by atoms with van der Waals surface area (Å²) in [5.41, 5.74) is 14.2. The number of aryl methyl sites for hydroxylation is 6. The minimum atomic E-state index is -2.73. The normalized spacial score (nSPS) is 15.0. The molecule has 5 heterocycles. The smallest absolute Gasteiger partial charge is 0.368 e. The summed E-state index contributed by atoms with van der Waals surface area (Å²) in [6.45, 7) is 9.72. The van der Waals surface area contributed by atoms with Gasteiger partial charge >= 0.3 is 28.4 Å². The summed E-state index contributed by atoms with van der Waals surface area (Å²) in [5, 5.41) is 38.8. The number of alkyl halides is 2. The molecule has 15 aromatic rings. The van der Waals surface area contributed by atoms with E-state index in [0.717, 1.165) is 90.0 Å². The monoisotopic (exact) mass is 2280 g/mol. The summed E-state index contributed by atoms with van der Waals surface area (Å²) in [6.07, 6.45) is 13.9. The van der Waals surface area contributed by atoms with Gasteiger partial charge < -0.3 is 33.2 Å². The van der Waals surface area contributed by atoms with Gasteiger partial charge in [-0.1, -0.05) is 142 Å². The van der Waals surface area contributed by atoms with Crippen molar-refractivity contribution in [1.82, 2.24) is 99.0 Å². The number of benzene rings is 10. The molecule has 0 spiro atoms. The standard InChI is InChI=1S/C21H19F2N4O2.C21H23N4O3.C21H21N4O2.C20H21N4O3.C19H19N4O2.5Y/c1-26-20(28)27(25-24-26)18-7-4-6-15(17-11-21(17,22)23)16(18)12-29-19-8-3-2-5-14(19)13-9-10-13;1-14(2)28-20-10-6-8-18(25-21(26)24(3)22-23-25)17(20)13-27-19-9-5-4-7-16(19)15-11-12-15;1-24-21(26)25(23-22-24)19-7-4-6-16(14-9-10-14)18(19)13-27-20-8-3-2-5-17(20)15-11-12-15;1-3-26-19-10-6-8-17(24-20(25)23(2)21-22-24)16(19)13-27-18-9-5-4-7-15(18)14-11-12-14;1-13-6-5-8-17(23-19(24)22(2)20-21-23)16(13)12-25-18-9-4-3-7-15(18)14-10-11-14;;;;;/h3-8,13,17H,9-12H2,1H3;5-10,14-15H,11-13H2,1-3H3;3-8,14-15H,9-13H2,1H3;5-10,14H,3,11-13H2,1-2H3;4-9,14H,10-12H2,1-2H3;;;;;/q5*-1;;;;;. The van der Waals surface area contributed by atoms with Crippen molar-refractivity contribution in [2.45, 2.75) is 198 Å². The molecule has 7 fully saturated rings. The van der Waals surface area contributed by atoms with Gasteiger partial charge in [0.2, 0.25) is 0 Å². The Morgan fingerprint density at radius 1 is 0.319 bits per heavy atom. The Morgan fingerprint density at radius 3 is 0.851 bits per heavy atom. The van der Waals surface area contributed by atoms with E-state index in [-0.39, 0.29) is 219 Å². The molecule has 0 saturated heterocycles. The zero-order chi connectivity index (χ0) is 94.4. The zero-order valence-corrected chi connectivity index (χ0v) is 94.1. The fourth-order valence-electron chi connectivity index (χ4n) is 16.5. The molecule has 0 aliphatic heterocycles. The van der Waals surface area contributed by atoms with Crippen LogP contribution in [0.2, 0.25) is 0 Å². The van der Waals surface area contributed by atoms with E-state index in [1.165, 1.54) is 137 Å². The van der Waals surface area contributed by atoms with Gasteiger partial charge in [-0.2, -0.15) is 138 Å². The molecule has 1 unspecified atom stereocenters. The first-order valence-electron chi connectivity index (χ1n) is 45.9. The number of rotatable bonds is 31. The topological polar surface area (TPSA) is 328 Å². The molecule has 22 rings (SSSR count). The van der Waals surface area contributed by atoms with Gasteiger partial charge in [-0.25, -0.2) is 32.8 Å². The Labute approximate surface area is 939 Å². The Balaban J connectivity index is 0.000000147. The van der Waals surface area contributed by atoms with E-state index in [2.05, 4.69) is 88.5 Å². The molecule has 717 valence electrons. The third-order valence-corrected chi connectivity index (χ3v) is 24.8. The Hall–Kier alpha value is -9.47. The van der Waals surface area contributed by atoms with Crippen molar-refractivity contribution in [2.24, 2.45) is 35.2 Å². The van der Waals surface area contributed by atoms with Crippen LogP contribution in [-0.2, 0) is 232 Å². The molecule has 141 heavy (non-hydrogen) atoms. The third kappa shape index (κ3) is 26.1. The van der Waals surface area contributed by atoms with Crippen LogP contribution in [-0.4, -0.2) is 118 Å². The summed E-state index contributed by atoms with van der Waals surface area (Å²) in [4.78, 5) is 61.7. The zero-order valence-electron chi connectivity index (χ0n) is 79.9.